The third kappa shape index (κ3) is 3.18. The molecule has 0 amide bonds. The quantitative estimate of drug-likeness (QED) is 0.788. The van der Waals surface area contributed by atoms with Crippen LogP contribution in [0.4, 0.5) is 0 Å². The molecule has 2 aliphatic rings. The molecule has 4 heteroatoms. The van der Waals surface area contributed by atoms with Gasteiger partial charge in [0.2, 0.25) is 0 Å². The number of carbonyl (C=O) groups is 1. The van der Waals surface area contributed by atoms with Crippen molar-refractivity contribution in [2.24, 2.45) is 11.3 Å². The van der Waals surface area contributed by atoms with Gasteiger partial charge in [-0.1, -0.05) is 20.8 Å². The molecule has 2 fully saturated rings. The zero-order valence-corrected chi connectivity index (χ0v) is 12.5. The Kier molecular flexibility index (Phi) is 4.33. The van der Waals surface area contributed by atoms with Crippen LogP contribution in [0, 0.1) is 11.3 Å². The molecular formula is C15H26O4. The second-order valence-electron chi connectivity index (χ2n) is 6.91. The van der Waals surface area contributed by atoms with E-state index >= 15 is 0 Å². The fourth-order valence-corrected chi connectivity index (χ4v) is 3.24. The molecule has 0 aromatic rings. The first-order valence-electron chi connectivity index (χ1n) is 7.16. The van der Waals surface area contributed by atoms with Gasteiger partial charge in [-0.2, -0.15) is 0 Å². The number of Topliss-reactive ketones (excluding diaryl/α,β-unsaturated/α-hetero) is 1. The molecule has 1 spiro atoms. The van der Waals surface area contributed by atoms with Gasteiger partial charge >= 0.3 is 0 Å². The summed E-state index contributed by atoms with van der Waals surface area (Å²) in [7, 11) is 1.63. The molecule has 2 aliphatic heterocycles. The number of ether oxygens (including phenoxy) is 3. The van der Waals surface area contributed by atoms with Crippen LogP contribution in [0.5, 0.6) is 0 Å². The summed E-state index contributed by atoms with van der Waals surface area (Å²) in [5, 5.41) is 0. The minimum atomic E-state index is -0.338. The molecule has 3 atom stereocenters. The molecule has 110 valence electrons. The highest BCUT2D eigenvalue weighted by atomic mass is 16.6. The Labute approximate surface area is 115 Å². The zero-order valence-electron chi connectivity index (χ0n) is 12.5. The van der Waals surface area contributed by atoms with Crippen molar-refractivity contribution < 1.29 is 19.0 Å². The van der Waals surface area contributed by atoms with Crippen LogP contribution in [0.25, 0.3) is 0 Å². The minimum Gasteiger partial charge on any atom is -0.378 e. The van der Waals surface area contributed by atoms with Gasteiger partial charge in [-0.25, -0.2) is 0 Å². The topological polar surface area (TPSA) is 44.8 Å². The summed E-state index contributed by atoms with van der Waals surface area (Å²) in [5.41, 5.74) is -0.377. The predicted octanol–water partition coefficient (Wildman–Crippen LogP) is 2.20. The highest BCUT2D eigenvalue weighted by Crippen LogP contribution is 2.38. The molecule has 2 saturated heterocycles. The summed E-state index contributed by atoms with van der Waals surface area (Å²) in [6, 6.07) is 0. The monoisotopic (exact) mass is 270 g/mol. The van der Waals surface area contributed by atoms with Crippen molar-refractivity contribution >= 4 is 5.78 Å². The van der Waals surface area contributed by atoms with E-state index in [1.807, 2.05) is 20.8 Å². The Morgan fingerprint density at radius 1 is 1.37 bits per heavy atom. The summed E-state index contributed by atoms with van der Waals surface area (Å²) in [6.45, 7) is 8.17. The van der Waals surface area contributed by atoms with Gasteiger partial charge in [0.25, 0.3) is 0 Å². The summed E-state index contributed by atoms with van der Waals surface area (Å²) in [4.78, 5) is 12.7. The largest absolute Gasteiger partial charge is 0.378 e. The van der Waals surface area contributed by atoms with Crippen molar-refractivity contribution in [1.29, 1.82) is 0 Å². The fourth-order valence-electron chi connectivity index (χ4n) is 3.24. The number of ketones is 1. The van der Waals surface area contributed by atoms with Gasteiger partial charge in [-0.15, -0.1) is 0 Å². The molecule has 2 rings (SSSR count). The first-order chi connectivity index (χ1) is 8.88. The fraction of sp³-hybridized carbons (Fsp3) is 0.933. The lowest BCUT2D eigenvalue weighted by Crippen LogP contribution is -2.47. The van der Waals surface area contributed by atoms with Crippen LogP contribution in [0.3, 0.4) is 0 Å². The molecule has 0 N–H and O–H groups in total. The van der Waals surface area contributed by atoms with Crippen molar-refractivity contribution in [2.75, 3.05) is 26.9 Å². The van der Waals surface area contributed by atoms with Crippen molar-refractivity contribution in [3.8, 4) is 0 Å². The van der Waals surface area contributed by atoms with Crippen LogP contribution < -0.4 is 0 Å². The zero-order chi connectivity index (χ0) is 14.1. The number of rotatable bonds is 3. The van der Waals surface area contributed by atoms with Crippen LogP contribution in [-0.2, 0) is 19.0 Å². The van der Waals surface area contributed by atoms with Gasteiger partial charge in [-0.05, 0) is 18.3 Å². The predicted molar refractivity (Wildman–Crippen MR) is 72.1 cm³/mol. The van der Waals surface area contributed by atoms with Gasteiger partial charge in [0.15, 0.2) is 5.78 Å². The summed E-state index contributed by atoms with van der Waals surface area (Å²) < 4.78 is 16.8. The van der Waals surface area contributed by atoms with Crippen LogP contribution in [0.1, 0.15) is 40.0 Å². The van der Waals surface area contributed by atoms with Crippen molar-refractivity contribution in [3.63, 3.8) is 0 Å². The van der Waals surface area contributed by atoms with Crippen LogP contribution in [-0.4, -0.2) is 44.4 Å². The smallest absolute Gasteiger partial charge is 0.165 e. The van der Waals surface area contributed by atoms with Gasteiger partial charge < -0.3 is 14.2 Å². The van der Waals surface area contributed by atoms with Crippen molar-refractivity contribution in [1.82, 2.24) is 0 Å². The molecule has 3 unspecified atom stereocenters. The van der Waals surface area contributed by atoms with E-state index in [1.54, 1.807) is 7.11 Å². The Balaban J connectivity index is 2.06. The highest BCUT2D eigenvalue weighted by Gasteiger charge is 2.45. The lowest BCUT2D eigenvalue weighted by Gasteiger charge is -2.39. The molecule has 19 heavy (non-hydrogen) atoms. The first kappa shape index (κ1) is 14.9. The molecule has 0 radical (unpaired) electrons. The number of hydrogen-bond donors (Lipinski definition) is 0. The van der Waals surface area contributed by atoms with Gasteiger partial charge in [0.05, 0.1) is 12.2 Å². The molecule has 0 aliphatic carbocycles. The Morgan fingerprint density at radius 2 is 2.11 bits per heavy atom. The van der Waals surface area contributed by atoms with E-state index in [1.165, 1.54) is 0 Å². The lowest BCUT2D eigenvalue weighted by atomic mass is 9.76. The maximum atomic E-state index is 12.7. The summed E-state index contributed by atoms with van der Waals surface area (Å²) in [5.74, 6) is 0.268. The van der Waals surface area contributed by atoms with E-state index in [0.29, 0.717) is 13.2 Å². The maximum Gasteiger partial charge on any atom is 0.165 e. The molecular weight excluding hydrogens is 244 g/mol. The van der Waals surface area contributed by atoms with E-state index in [9.17, 15) is 4.79 Å². The SMILES string of the molecule is COC(C(=O)C1CCOC2(CCOC2)C1)C(C)(C)C. The second-order valence-corrected chi connectivity index (χ2v) is 6.91. The second kappa shape index (κ2) is 5.51. The van der Waals surface area contributed by atoms with E-state index in [-0.39, 0.29) is 28.8 Å². The Bertz CT molecular complexity index is 326. The first-order valence-corrected chi connectivity index (χ1v) is 7.16. The van der Waals surface area contributed by atoms with Gasteiger partial charge in [-0.3, -0.25) is 4.79 Å². The lowest BCUT2D eigenvalue weighted by molar-refractivity contribution is -0.151. The standard InChI is InChI=1S/C15H26O4/c1-14(2,3)13(17-4)12(16)11-5-7-19-15(9-11)6-8-18-10-15/h11,13H,5-10H2,1-4H3. The molecule has 0 aromatic heterocycles. The minimum absolute atomic E-state index is 0.0413. The molecule has 4 nitrogen and oxygen atoms in total. The summed E-state index contributed by atoms with van der Waals surface area (Å²) >= 11 is 0. The number of hydrogen-bond acceptors (Lipinski definition) is 4. The van der Waals surface area contributed by atoms with Gasteiger partial charge in [0.1, 0.15) is 6.10 Å². The molecule has 0 bridgehead atoms. The highest BCUT2D eigenvalue weighted by molar-refractivity contribution is 5.86. The van der Waals surface area contributed by atoms with Gasteiger partial charge in [0, 0.05) is 32.7 Å². The molecule has 2 heterocycles. The average molecular weight is 270 g/mol. The number of carbonyl (C=O) groups excluding carboxylic acids is 1. The van der Waals surface area contributed by atoms with E-state index < -0.39 is 0 Å². The van der Waals surface area contributed by atoms with Crippen molar-refractivity contribution in [2.45, 2.75) is 51.7 Å². The Hall–Kier alpha value is -0.450. The third-order valence-corrected chi connectivity index (χ3v) is 4.24. The van der Waals surface area contributed by atoms with Crippen molar-refractivity contribution in [3.05, 3.63) is 0 Å². The Morgan fingerprint density at radius 3 is 2.63 bits per heavy atom. The van der Waals surface area contributed by atoms with Crippen LogP contribution >= 0.6 is 0 Å². The normalized spacial score (nSPS) is 33.6. The van der Waals surface area contributed by atoms with E-state index in [2.05, 4.69) is 0 Å². The van der Waals surface area contributed by atoms with Crippen LogP contribution in [0.15, 0.2) is 0 Å². The number of methoxy groups -OCH3 is 1. The molecule has 0 saturated carbocycles. The average Bonchev–Trinajstić information content (AvgIpc) is 2.76. The van der Waals surface area contributed by atoms with Crippen LogP contribution in [0.2, 0.25) is 0 Å². The maximum absolute atomic E-state index is 12.7. The molecule has 0 aromatic carbocycles. The van der Waals surface area contributed by atoms with E-state index in [4.69, 9.17) is 14.2 Å². The summed E-state index contributed by atoms with van der Waals surface area (Å²) in [6.07, 6.45) is 2.15. The van der Waals surface area contributed by atoms with E-state index in [0.717, 1.165) is 25.9 Å². The third-order valence-electron chi connectivity index (χ3n) is 4.24.